The molecule has 2 amide bonds. The lowest BCUT2D eigenvalue weighted by Crippen LogP contribution is -2.46. The van der Waals surface area contributed by atoms with Crippen LogP contribution < -0.4 is 0 Å². The van der Waals surface area contributed by atoms with E-state index in [0.717, 1.165) is 10.4 Å². The summed E-state index contributed by atoms with van der Waals surface area (Å²) in [6.45, 7) is 1.72. The Bertz CT molecular complexity index is 1150. The maximum Gasteiger partial charge on any atom is 0.329 e. The molecule has 158 valence electrons. The largest absolute Gasteiger partial charge is 0.458 e. The SMILES string of the molecule is CSCCC(C(=O)OCc1nc2ccccc2nc1C)N1C(=O)c2ccccc2C1=O. The summed E-state index contributed by atoms with van der Waals surface area (Å²) in [7, 11) is 0. The van der Waals surface area contributed by atoms with E-state index in [1.54, 1.807) is 31.2 Å². The molecular formula is C23H21N3O4S. The number of para-hydroxylation sites is 2. The Labute approximate surface area is 183 Å². The van der Waals surface area contributed by atoms with Gasteiger partial charge < -0.3 is 4.74 Å². The molecule has 0 aliphatic carbocycles. The van der Waals surface area contributed by atoms with E-state index in [1.807, 2.05) is 30.5 Å². The zero-order valence-corrected chi connectivity index (χ0v) is 18.0. The number of fused-ring (bicyclic) bond motifs is 2. The van der Waals surface area contributed by atoms with Crippen LogP contribution in [0, 0.1) is 6.92 Å². The number of carbonyl (C=O) groups excluding carboxylic acids is 3. The predicted octanol–water partition coefficient (Wildman–Crippen LogP) is 3.40. The van der Waals surface area contributed by atoms with Crippen LogP contribution in [0.1, 0.15) is 38.5 Å². The van der Waals surface area contributed by atoms with Gasteiger partial charge in [0.25, 0.3) is 11.8 Å². The van der Waals surface area contributed by atoms with Crippen LogP contribution in [-0.2, 0) is 16.1 Å². The minimum absolute atomic E-state index is 0.0819. The number of amides is 2. The molecule has 3 aromatic rings. The van der Waals surface area contributed by atoms with Gasteiger partial charge in [-0.2, -0.15) is 11.8 Å². The van der Waals surface area contributed by atoms with Crippen LogP contribution in [-0.4, -0.2) is 50.7 Å². The molecule has 2 heterocycles. The van der Waals surface area contributed by atoms with Crippen molar-refractivity contribution in [3.8, 4) is 0 Å². The summed E-state index contributed by atoms with van der Waals surface area (Å²) in [4.78, 5) is 48.8. The summed E-state index contributed by atoms with van der Waals surface area (Å²) in [5.41, 5.74) is 3.29. The van der Waals surface area contributed by atoms with Crippen LogP contribution in [0.5, 0.6) is 0 Å². The maximum atomic E-state index is 13.0. The number of aromatic nitrogens is 2. The third-order valence-electron chi connectivity index (χ3n) is 5.20. The second kappa shape index (κ2) is 8.85. The fourth-order valence-corrected chi connectivity index (χ4v) is 4.03. The average Bonchev–Trinajstić information content (AvgIpc) is 3.03. The third kappa shape index (κ3) is 4.03. The van der Waals surface area contributed by atoms with Gasteiger partial charge in [-0.05, 0) is 49.6 Å². The van der Waals surface area contributed by atoms with Gasteiger partial charge in [0.15, 0.2) is 0 Å². The third-order valence-corrected chi connectivity index (χ3v) is 5.84. The summed E-state index contributed by atoms with van der Waals surface area (Å²) in [6, 6.07) is 13.1. The Morgan fingerprint density at radius 3 is 2.19 bits per heavy atom. The number of ether oxygens (including phenoxy) is 1. The lowest BCUT2D eigenvalue weighted by molar-refractivity contribution is -0.149. The van der Waals surface area contributed by atoms with Crippen molar-refractivity contribution < 1.29 is 19.1 Å². The molecule has 1 atom stereocenters. The number of esters is 1. The van der Waals surface area contributed by atoms with Crippen LogP contribution in [0.4, 0.5) is 0 Å². The van der Waals surface area contributed by atoms with Gasteiger partial charge >= 0.3 is 5.97 Å². The van der Waals surface area contributed by atoms with Crippen molar-refractivity contribution in [3.05, 3.63) is 71.0 Å². The van der Waals surface area contributed by atoms with Crippen LogP contribution in [0.25, 0.3) is 11.0 Å². The number of thioether (sulfide) groups is 1. The van der Waals surface area contributed by atoms with Crippen molar-refractivity contribution in [2.75, 3.05) is 12.0 Å². The molecule has 0 saturated heterocycles. The second-order valence-electron chi connectivity index (χ2n) is 7.18. The Balaban J connectivity index is 1.55. The number of carbonyl (C=O) groups is 3. The van der Waals surface area contributed by atoms with E-state index in [9.17, 15) is 14.4 Å². The molecule has 1 aliphatic rings. The van der Waals surface area contributed by atoms with Crippen molar-refractivity contribution in [2.24, 2.45) is 0 Å². The molecule has 2 aromatic carbocycles. The van der Waals surface area contributed by atoms with E-state index in [2.05, 4.69) is 9.97 Å². The summed E-state index contributed by atoms with van der Waals surface area (Å²) in [5.74, 6) is -0.962. The number of nitrogens with zero attached hydrogens (tertiary/aromatic N) is 3. The zero-order valence-electron chi connectivity index (χ0n) is 17.2. The van der Waals surface area contributed by atoms with Crippen molar-refractivity contribution in [2.45, 2.75) is 26.0 Å². The van der Waals surface area contributed by atoms with Crippen LogP contribution >= 0.6 is 11.8 Å². The average molecular weight is 436 g/mol. The minimum Gasteiger partial charge on any atom is -0.458 e. The van der Waals surface area contributed by atoms with Crippen LogP contribution in [0.3, 0.4) is 0 Å². The number of imide groups is 1. The van der Waals surface area contributed by atoms with Gasteiger partial charge in [-0.15, -0.1) is 0 Å². The quantitative estimate of drug-likeness (QED) is 0.415. The van der Waals surface area contributed by atoms with E-state index in [1.165, 1.54) is 11.8 Å². The van der Waals surface area contributed by atoms with Crippen molar-refractivity contribution >= 4 is 40.6 Å². The van der Waals surface area contributed by atoms with Gasteiger partial charge in [0.05, 0.1) is 33.5 Å². The Morgan fingerprint density at radius 1 is 1.00 bits per heavy atom. The highest BCUT2D eigenvalue weighted by molar-refractivity contribution is 7.98. The van der Waals surface area contributed by atoms with Gasteiger partial charge in [0, 0.05) is 0 Å². The first-order valence-corrected chi connectivity index (χ1v) is 11.3. The fraction of sp³-hybridized carbons (Fsp3) is 0.261. The van der Waals surface area contributed by atoms with Gasteiger partial charge in [-0.1, -0.05) is 24.3 Å². The molecule has 0 bridgehead atoms. The monoisotopic (exact) mass is 435 g/mol. The van der Waals surface area contributed by atoms with Crippen LogP contribution in [0.2, 0.25) is 0 Å². The standard InChI is InChI=1S/C23H21N3O4S/c1-14-19(25-18-10-6-5-9-17(18)24-14)13-30-23(29)20(11-12-31-2)26-21(27)15-7-3-4-8-16(15)22(26)28/h3-10,20H,11-13H2,1-2H3. The molecule has 7 nitrogen and oxygen atoms in total. The molecule has 4 rings (SSSR count). The first kappa shape index (κ1) is 21.0. The summed E-state index contributed by atoms with van der Waals surface area (Å²) in [6.07, 6.45) is 2.21. The van der Waals surface area contributed by atoms with Crippen molar-refractivity contribution in [3.63, 3.8) is 0 Å². The molecule has 1 aromatic heterocycles. The predicted molar refractivity (Wildman–Crippen MR) is 118 cm³/mol. The molecule has 0 saturated carbocycles. The van der Waals surface area contributed by atoms with Crippen LogP contribution in [0.15, 0.2) is 48.5 Å². The Kier molecular flexibility index (Phi) is 5.99. The zero-order chi connectivity index (χ0) is 22.0. The fourth-order valence-electron chi connectivity index (χ4n) is 3.57. The van der Waals surface area contributed by atoms with Gasteiger partial charge in [0.1, 0.15) is 12.6 Å². The molecule has 1 unspecified atom stereocenters. The summed E-state index contributed by atoms with van der Waals surface area (Å²) in [5, 5.41) is 0. The molecule has 0 radical (unpaired) electrons. The molecular weight excluding hydrogens is 414 g/mol. The second-order valence-corrected chi connectivity index (χ2v) is 8.16. The first-order chi connectivity index (χ1) is 15.0. The first-order valence-electron chi connectivity index (χ1n) is 9.86. The number of rotatable bonds is 7. The smallest absolute Gasteiger partial charge is 0.329 e. The molecule has 1 aliphatic heterocycles. The number of aryl methyl sites for hydroxylation is 1. The highest BCUT2D eigenvalue weighted by Crippen LogP contribution is 2.27. The number of hydrogen-bond donors (Lipinski definition) is 0. The molecule has 31 heavy (non-hydrogen) atoms. The minimum atomic E-state index is -0.992. The van der Waals surface area contributed by atoms with E-state index in [0.29, 0.717) is 40.2 Å². The van der Waals surface area contributed by atoms with E-state index < -0.39 is 23.8 Å². The number of benzene rings is 2. The lowest BCUT2D eigenvalue weighted by Gasteiger charge is -2.24. The lowest BCUT2D eigenvalue weighted by atomic mass is 10.1. The van der Waals surface area contributed by atoms with E-state index >= 15 is 0 Å². The van der Waals surface area contributed by atoms with E-state index in [-0.39, 0.29) is 6.61 Å². The Morgan fingerprint density at radius 2 is 1.58 bits per heavy atom. The summed E-state index contributed by atoms with van der Waals surface area (Å²) >= 11 is 1.53. The molecule has 0 spiro atoms. The van der Waals surface area contributed by atoms with Crippen molar-refractivity contribution in [1.82, 2.24) is 14.9 Å². The molecule has 8 heteroatoms. The van der Waals surface area contributed by atoms with Gasteiger partial charge in [-0.25, -0.2) is 14.8 Å². The Hall–Kier alpha value is -3.26. The molecule has 0 N–H and O–H groups in total. The normalized spacial score (nSPS) is 14.1. The topological polar surface area (TPSA) is 89.5 Å². The maximum absolute atomic E-state index is 13.0. The highest BCUT2D eigenvalue weighted by Gasteiger charge is 2.43. The highest BCUT2D eigenvalue weighted by atomic mass is 32.2. The van der Waals surface area contributed by atoms with Gasteiger partial charge in [-0.3, -0.25) is 14.5 Å². The van der Waals surface area contributed by atoms with Crippen molar-refractivity contribution in [1.29, 1.82) is 0 Å². The van der Waals surface area contributed by atoms with Gasteiger partial charge in [0.2, 0.25) is 0 Å². The summed E-state index contributed by atoms with van der Waals surface area (Å²) < 4.78 is 5.53. The molecule has 0 fully saturated rings. The number of hydrogen-bond acceptors (Lipinski definition) is 7. The van der Waals surface area contributed by atoms with E-state index in [4.69, 9.17) is 4.74 Å².